The van der Waals surface area contributed by atoms with Gasteiger partial charge in [0.05, 0.1) is 17.5 Å². The van der Waals surface area contributed by atoms with E-state index in [1.807, 2.05) is 19.2 Å². The highest BCUT2D eigenvalue weighted by atomic mass is 32.1. The molecule has 0 aliphatic rings. The van der Waals surface area contributed by atoms with Crippen molar-refractivity contribution < 1.29 is 4.79 Å². The van der Waals surface area contributed by atoms with E-state index in [1.54, 1.807) is 11.3 Å². The summed E-state index contributed by atoms with van der Waals surface area (Å²) in [6, 6.07) is 0. The quantitative estimate of drug-likeness (QED) is 0.867. The van der Waals surface area contributed by atoms with E-state index >= 15 is 0 Å². The highest BCUT2D eigenvalue weighted by Crippen LogP contribution is 2.18. The normalized spacial score (nSPS) is 12.4. The molecule has 6 heteroatoms. The summed E-state index contributed by atoms with van der Waals surface area (Å²) < 4.78 is 0. The number of aromatic nitrogens is 3. The zero-order valence-electron chi connectivity index (χ0n) is 9.73. The molecule has 0 aliphatic heterocycles. The minimum atomic E-state index is -0.136. The topological polar surface area (TPSA) is 70.7 Å². The van der Waals surface area contributed by atoms with Gasteiger partial charge in [0.2, 0.25) is 0 Å². The lowest BCUT2D eigenvalue weighted by Crippen LogP contribution is -2.27. The summed E-state index contributed by atoms with van der Waals surface area (Å²) in [4.78, 5) is 22.6. The molecule has 1 amide bonds. The first-order valence-corrected chi connectivity index (χ1v) is 6.23. The standard InChI is InChI=1S/C11H14N4OS/c1-7(11-15-8(2)5-17-11)3-13-10(16)9-4-12-6-14-9/h4-7H,3H2,1-2H3,(H,12,14)(H,13,16)/t7-/m1/s1. The molecule has 0 bridgehead atoms. The van der Waals surface area contributed by atoms with Gasteiger partial charge in [-0.2, -0.15) is 0 Å². The predicted octanol–water partition coefficient (Wildman–Crippen LogP) is 1.71. The molecule has 0 saturated carbocycles. The van der Waals surface area contributed by atoms with Crippen molar-refractivity contribution in [3.8, 4) is 0 Å². The van der Waals surface area contributed by atoms with E-state index in [-0.39, 0.29) is 11.8 Å². The smallest absolute Gasteiger partial charge is 0.269 e. The Kier molecular flexibility index (Phi) is 3.53. The molecule has 1 atom stereocenters. The number of carbonyl (C=O) groups excluding carboxylic acids is 1. The Morgan fingerprint density at radius 2 is 2.47 bits per heavy atom. The Labute approximate surface area is 103 Å². The van der Waals surface area contributed by atoms with E-state index in [0.29, 0.717) is 12.2 Å². The summed E-state index contributed by atoms with van der Waals surface area (Å²) in [5.74, 6) is 0.0863. The van der Waals surface area contributed by atoms with Crippen LogP contribution in [-0.4, -0.2) is 27.4 Å². The molecule has 0 aromatic carbocycles. The van der Waals surface area contributed by atoms with Crippen LogP contribution in [0.5, 0.6) is 0 Å². The number of H-pyrrole nitrogens is 1. The summed E-state index contributed by atoms with van der Waals surface area (Å²) >= 11 is 1.62. The second-order valence-electron chi connectivity index (χ2n) is 3.90. The maximum absolute atomic E-state index is 11.6. The average molecular weight is 250 g/mol. The number of hydrogen-bond acceptors (Lipinski definition) is 4. The molecule has 0 fully saturated rings. The van der Waals surface area contributed by atoms with Crippen molar-refractivity contribution in [2.75, 3.05) is 6.54 Å². The van der Waals surface area contributed by atoms with Crippen LogP contribution in [-0.2, 0) is 0 Å². The van der Waals surface area contributed by atoms with Crippen molar-refractivity contribution in [2.45, 2.75) is 19.8 Å². The Morgan fingerprint density at radius 1 is 1.65 bits per heavy atom. The molecular weight excluding hydrogens is 236 g/mol. The largest absolute Gasteiger partial charge is 0.350 e. The maximum atomic E-state index is 11.6. The third-order valence-electron chi connectivity index (χ3n) is 2.37. The zero-order valence-corrected chi connectivity index (χ0v) is 10.5. The van der Waals surface area contributed by atoms with Crippen molar-refractivity contribution in [2.24, 2.45) is 0 Å². The number of imidazole rings is 1. The molecule has 2 heterocycles. The molecule has 5 nitrogen and oxygen atoms in total. The predicted molar refractivity (Wildman–Crippen MR) is 66.2 cm³/mol. The molecule has 17 heavy (non-hydrogen) atoms. The fourth-order valence-electron chi connectivity index (χ4n) is 1.41. The molecule has 2 aromatic rings. The number of nitrogens with one attached hydrogen (secondary N) is 2. The number of rotatable bonds is 4. The van der Waals surface area contributed by atoms with Crippen molar-refractivity contribution in [3.63, 3.8) is 0 Å². The third kappa shape index (κ3) is 2.91. The SMILES string of the molecule is Cc1csc([C@H](C)CNC(=O)c2cnc[nH]2)n1. The van der Waals surface area contributed by atoms with Crippen LogP contribution in [0.3, 0.4) is 0 Å². The monoisotopic (exact) mass is 250 g/mol. The van der Waals surface area contributed by atoms with E-state index in [2.05, 4.69) is 20.3 Å². The highest BCUT2D eigenvalue weighted by molar-refractivity contribution is 7.09. The summed E-state index contributed by atoms with van der Waals surface area (Å²) in [5, 5.41) is 5.91. The van der Waals surface area contributed by atoms with Crippen LogP contribution in [0.2, 0.25) is 0 Å². The Hall–Kier alpha value is -1.69. The number of hydrogen-bond donors (Lipinski definition) is 2. The molecule has 0 unspecified atom stereocenters. The average Bonchev–Trinajstić information content (AvgIpc) is 2.95. The minimum absolute atomic E-state index is 0.136. The molecular formula is C11H14N4OS. The van der Waals surface area contributed by atoms with E-state index in [4.69, 9.17) is 0 Å². The van der Waals surface area contributed by atoms with Crippen LogP contribution in [0, 0.1) is 6.92 Å². The van der Waals surface area contributed by atoms with Gasteiger partial charge in [-0.1, -0.05) is 6.92 Å². The van der Waals surface area contributed by atoms with Gasteiger partial charge in [-0.15, -0.1) is 11.3 Å². The summed E-state index contributed by atoms with van der Waals surface area (Å²) in [6.45, 7) is 4.59. The van der Waals surface area contributed by atoms with Crippen molar-refractivity contribution in [3.05, 3.63) is 34.3 Å². The number of carbonyl (C=O) groups is 1. The summed E-state index contributed by atoms with van der Waals surface area (Å²) in [5.41, 5.74) is 1.50. The number of thiazole rings is 1. The molecule has 2 N–H and O–H groups in total. The molecule has 2 rings (SSSR count). The van der Waals surface area contributed by atoms with Crippen molar-refractivity contribution in [1.82, 2.24) is 20.3 Å². The lowest BCUT2D eigenvalue weighted by Gasteiger charge is -2.09. The maximum Gasteiger partial charge on any atom is 0.269 e. The number of nitrogens with zero attached hydrogens (tertiary/aromatic N) is 2. The van der Waals surface area contributed by atoms with Gasteiger partial charge < -0.3 is 10.3 Å². The Balaban J connectivity index is 1.88. The molecule has 2 aromatic heterocycles. The van der Waals surface area contributed by atoms with Crippen molar-refractivity contribution >= 4 is 17.2 Å². The first kappa shape index (κ1) is 11.8. The number of amides is 1. The van der Waals surface area contributed by atoms with Crippen LogP contribution in [0.1, 0.15) is 34.0 Å². The van der Waals surface area contributed by atoms with E-state index in [9.17, 15) is 4.79 Å². The van der Waals surface area contributed by atoms with Gasteiger partial charge in [0.1, 0.15) is 5.69 Å². The third-order valence-corrected chi connectivity index (χ3v) is 3.56. The van der Waals surface area contributed by atoms with Crippen LogP contribution >= 0.6 is 11.3 Å². The fraction of sp³-hybridized carbons (Fsp3) is 0.364. The van der Waals surface area contributed by atoms with E-state index in [1.165, 1.54) is 12.5 Å². The van der Waals surface area contributed by atoms with Gasteiger partial charge in [0.15, 0.2) is 0 Å². The van der Waals surface area contributed by atoms with Gasteiger partial charge in [0, 0.05) is 23.5 Å². The number of aryl methyl sites for hydroxylation is 1. The zero-order chi connectivity index (χ0) is 12.3. The lowest BCUT2D eigenvalue weighted by atomic mass is 10.2. The lowest BCUT2D eigenvalue weighted by molar-refractivity contribution is 0.0947. The first-order chi connectivity index (χ1) is 8.16. The Bertz CT molecular complexity index is 491. The number of aromatic amines is 1. The van der Waals surface area contributed by atoms with Gasteiger partial charge in [0.25, 0.3) is 5.91 Å². The fourth-order valence-corrected chi connectivity index (χ4v) is 2.26. The second kappa shape index (κ2) is 5.09. The van der Waals surface area contributed by atoms with Crippen LogP contribution < -0.4 is 5.32 Å². The first-order valence-electron chi connectivity index (χ1n) is 5.35. The minimum Gasteiger partial charge on any atom is -0.350 e. The van der Waals surface area contributed by atoms with E-state index in [0.717, 1.165) is 10.7 Å². The molecule has 90 valence electrons. The summed E-state index contributed by atoms with van der Waals surface area (Å²) in [7, 11) is 0. The molecule has 0 aliphatic carbocycles. The van der Waals surface area contributed by atoms with Crippen LogP contribution in [0.15, 0.2) is 17.9 Å². The van der Waals surface area contributed by atoms with E-state index < -0.39 is 0 Å². The Morgan fingerprint density at radius 3 is 3.06 bits per heavy atom. The van der Waals surface area contributed by atoms with Gasteiger partial charge in [-0.05, 0) is 6.92 Å². The van der Waals surface area contributed by atoms with Crippen molar-refractivity contribution in [1.29, 1.82) is 0 Å². The highest BCUT2D eigenvalue weighted by Gasteiger charge is 2.12. The molecule has 0 radical (unpaired) electrons. The second-order valence-corrected chi connectivity index (χ2v) is 4.79. The van der Waals surface area contributed by atoms with Gasteiger partial charge in [-0.25, -0.2) is 9.97 Å². The van der Waals surface area contributed by atoms with Gasteiger partial charge in [-0.3, -0.25) is 4.79 Å². The molecule has 0 spiro atoms. The van der Waals surface area contributed by atoms with Crippen LogP contribution in [0.25, 0.3) is 0 Å². The summed E-state index contributed by atoms with van der Waals surface area (Å²) in [6.07, 6.45) is 3.00. The van der Waals surface area contributed by atoms with Gasteiger partial charge >= 0.3 is 0 Å². The molecule has 0 saturated heterocycles. The van der Waals surface area contributed by atoms with Crippen LogP contribution in [0.4, 0.5) is 0 Å².